The SMILES string of the molecule is CC(=O)C(c1ccccn1)c1ccccc1C(=O)N=[N+]=Nc1cccnc1. The Labute approximate surface area is 155 Å². The molecule has 0 N–H and O–H groups in total. The number of carbonyl (C=O) groups excluding carboxylic acids is 2. The van der Waals surface area contributed by atoms with Crippen LogP contribution in [0.4, 0.5) is 5.69 Å². The Morgan fingerprint density at radius 3 is 2.52 bits per heavy atom. The fourth-order valence-corrected chi connectivity index (χ4v) is 2.66. The van der Waals surface area contributed by atoms with E-state index < -0.39 is 11.8 Å². The molecule has 0 aliphatic heterocycles. The van der Waals surface area contributed by atoms with E-state index in [-0.39, 0.29) is 11.3 Å². The average Bonchev–Trinajstić information content (AvgIpc) is 2.70. The fraction of sp³-hybridized carbons (Fsp3) is 0.100. The molecule has 0 fully saturated rings. The molecule has 1 aromatic carbocycles. The van der Waals surface area contributed by atoms with Gasteiger partial charge in [-0.1, -0.05) is 24.3 Å². The summed E-state index contributed by atoms with van der Waals surface area (Å²) in [5.41, 5.74) is 1.88. The van der Waals surface area contributed by atoms with Gasteiger partial charge in [-0.25, -0.2) is 0 Å². The second kappa shape index (κ2) is 8.51. The molecule has 0 aliphatic rings. The smallest absolute Gasteiger partial charge is 0.299 e. The highest BCUT2D eigenvalue weighted by Crippen LogP contribution is 2.27. The van der Waals surface area contributed by atoms with Gasteiger partial charge in [0.05, 0.1) is 23.4 Å². The molecule has 0 spiro atoms. The normalized spacial score (nSPS) is 11.1. The third-order valence-electron chi connectivity index (χ3n) is 3.83. The molecule has 0 saturated carbocycles. The summed E-state index contributed by atoms with van der Waals surface area (Å²) in [7, 11) is 0. The fourth-order valence-electron chi connectivity index (χ4n) is 2.66. The molecule has 0 radical (unpaired) electrons. The molecule has 7 nitrogen and oxygen atoms in total. The first-order chi connectivity index (χ1) is 13.2. The van der Waals surface area contributed by atoms with Crippen molar-refractivity contribution in [3.63, 3.8) is 0 Å². The van der Waals surface area contributed by atoms with E-state index in [1.54, 1.807) is 67.0 Å². The maximum Gasteiger partial charge on any atom is 0.361 e. The molecule has 2 heterocycles. The first kappa shape index (κ1) is 18.0. The lowest BCUT2D eigenvalue weighted by molar-refractivity contribution is -0.117. The number of Topliss-reactive ketones (excluding diaryl/α,β-unsaturated/α-hetero) is 1. The molecule has 3 rings (SSSR count). The number of carbonyl (C=O) groups is 2. The van der Waals surface area contributed by atoms with Crippen molar-refractivity contribution >= 4 is 17.4 Å². The van der Waals surface area contributed by atoms with Crippen LogP contribution in [-0.2, 0) is 4.79 Å². The molecular formula is C20H16N5O2+. The number of hydrogen-bond acceptors (Lipinski definition) is 5. The van der Waals surface area contributed by atoms with Crippen molar-refractivity contribution in [2.45, 2.75) is 12.8 Å². The van der Waals surface area contributed by atoms with Crippen LogP contribution in [0.15, 0.2) is 83.4 Å². The molecule has 0 saturated heterocycles. The van der Waals surface area contributed by atoms with E-state index >= 15 is 0 Å². The van der Waals surface area contributed by atoms with Gasteiger partial charge >= 0.3 is 5.91 Å². The molecular weight excluding hydrogens is 342 g/mol. The molecule has 0 aliphatic carbocycles. The van der Waals surface area contributed by atoms with Crippen LogP contribution >= 0.6 is 0 Å². The molecule has 132 valence electrons. The van der Waals surface area contributed by atoms with Crippen LogP contribution in [0.1, 0.15) is 34.5 Å². The van der Waals surface area contributed by atoms with Gasteiger partial charge in [-0.05, 0) is 42.8 Å². The summed E-state index contributed by atoms with van der Waals surface area (Å²) in [6.45, 7) is 1.47. The van der Waals surface area contributed by atoms with E-state index in [1.165, 1.54) is 13.1 Å². The van der Waals surface area contributed by atoms with Gasteiger partial charge in [0, 0.05) is 12.4 Å². The van der Waals surface area contributed by atoms with E-state index in [0.717, 1.165) is 0 Å². The van der Waals surface area contributed by atoms with E-state index in [0.29, 0.717) is 16.9 Å². The Morgan fingerprint density at radius 1 is 1.00 bits per heavy atom. The second-order valence-electron chi connectivity index (χ2n) is 5.69. The van der Waals surface area contributed by atoms with Crippen LogP contribution in [0.3, 0.4) is 0 Å². The van der Waals surface area contributed by atoms with Crippen LogP contribution in [0.5, 0.6) is 0 Å². The number of nitrogens with zero attached hydrogens (tertiary/aromatic N) is 5. The van der Waals surface area contributed by atoms with Gasteiger partial charge in [-0.15, -0.1) is 0 Å². The lowest BCUT2D eigenvalue weighted by Crippen LogP contribution is -2.15. The number of amides is 1. The highest BCUT2D eigenvalue weighted by atomic mass is 16.1. The summed E-state index contributed by atoms with van der Waals surface area (Å²) in [5.74, 6) is -1.36. The van der Waals surface area contributed by atoms with Crippen molar-refractivity contribution in [3.05, 3.63) is 90.0 Å². The molecule has 3 aromatic rings. The van der Waals surface area contributed by atoms with Crippen molar-refractivity contribution in [2.75, 3.05) is 0 Å². The van der Waals surface area contributed by atoms with Gasteiger partial charge in [0.25, 0.3) is 0 Å². The standard InChI is InChI=1S/C20H16N5O2/c1-14(26)19(18-10-4-5-12-22-18)16-8-2-3-9-17(16)20(27)24-25-23-15-7-6-11-21-13-15/h2-13,19H,1H3/q+1. The van der Waals surface area contributed by atoms with Crippen molar-refractivity contribution in [2.24, 2.45) is 10.2 Å². The van der Waals surface area contributed by atoms with Crippen LogP contribution in [-0.4, -0.2) is 21.7 Å². The predicted octanol–water partition coefficient (Wildman–Crippen LogP) is 3.64. The summed E-state index contributed by atoms with van der Waals surface area (Å²) < 4.78 is 0. The van der Waals surface area contributed by atoms with Crippen molar-refractivity contribution < 1.29 is 9.59 Å². The van der Waals surface area contributed by atoms with Gasteiger partial charge in [-0.2, -0.15) is 0 Å². The minimum Gasteiger partial charge on any atom is -0.299 e. The predicted molar refractivity (Wildman–Crippen MR) is 98.4 cm³/mol. The van der Waals surface area contributed by atoms with E-state index in [9.17, 15) is 9.59 Å². The summed E-state index contributed by atoms with van der Waals surface area (Å²) in [4.78, 5) is 36.6. The van der Waals surface area contributed by atoms with Gasteiger partial charge in [0.1, 0.15) is 5.78 Å². The maximum atomic E-state index is 12.5. The van der Waals surface area contributed by atoms with Gasteiger partial charge in [0.15, 0.2) is 10.8 Å². The quantitative estimate of drug-likeness (QED) is 0.513. The van der Waals surface area contributed by atoms with Crippen molar-refractivity contribution in [3.8, 4) is 0 Å². The zero-order chi connectivity index (χ0) is 19.1. The highest BCUT2D eigenvalue weighted by Gasteiger charge is 2.26. The maximum absolute atomic E-state index is 12.5. The Hall–Kier alpha value is -3.83. The van der Waals surface area contributed by atoms with E-state index in [2.05, 4.69) is 25.1 Å². The molecule has 0 bridgehead atoms. The van der Waals surface area contributed by atoms with Gasteiger partial charge < -0.3 is 0 Å². The first-order valence-electron chi connectivity index (χ1n) is 8.23. The molecule has 7 heteroatoms. The van der Waals surface area contributed by atoms with Gasteiger partial charge in [-0.3, -0.25) is 19.6 Å². The molecule has 1 amide bonds. The number of aromatic nitrogens is 2. The molecule has 2 aromatic heterocycles. The van der Waals surface area contributed by atoms with Crippen LogP contribution in [0.25, 0.3) is 0 Å². The van der Waals surface area contributed by atoms with E-state index in [4.69, 9.17) is 0 Å². The minimum atomic E-state index is -0.656. The number of rotatable bonds is 5. The average molecular weight is 358 g/mol. The summed E-state index contributed by atoms with van der Waals surface area (Å²) in [6.07, 6.45) is 4.73. The minimum absolute atomic E-state index is 0.120. The second-order valence-corrected chi connectivity index (χ2v) is 5.69. The lowest BCUT2D eigenvalue weighted by Gasteiger charge is -2.15. The lowest BCUT2D eigenvalue weighted by atomic mass is 9.88. The van der Waals surface area contributed by atoms with Crippen LogP contribution < -0.4 is 4.91 Å². The Kier molecular flexibility index (Phi) is 5.67. The Morgan fingerprint density at radius 2 is 1.81 bits per heavy atom. The highest BCUT2D eigenvalue weighted by molar-refractivity contribution is 5.99. The Bertz CT molecular complexity index is 1010. The van der Waals surface area contributed by atoms with Crippen LogP contribution in [0.2, 0.25) is 0 Å². The Balaban J connectivity index is 1.97. The van der Waals surface area contributed by atoms with Crippen molar-refractivity contribution in [1.82, 2.24) is 14.9 Å². The van der Waals surface area contributed by atoms with Gasteiger partial charge in [0.2, 0.25) is 10.0 Å². The topological polar surface area (TPSA) is 98.7 Å². The third kappa shape index (κ3) is 4.42. The zero-order valence-electron chi connectivity index (χ0n) is 14.6. The zero-order valence-corrected chi connectivity index (χ0v) is 14.6. The first-order valence-corrected chi connectivity index (χ1v) is 8.23. The van der Waals surface area contributed by atoms with E-state index in [1.807, 2.05) is 0 Å². The van der Waals surface area contributed by atoms with Crippen molar-refractivity contribution in [1.29, 1.82) is 0 Å². The third-order valence-corrected chi connectivity index (χ3v) is 3.83. The molecule has 1 unspecified atom stereocenters. The number of ketones is 1. The summed E-state index contributed by atoms with van der Waals surface area (Å²) in [5, 5.41) is 7.48. The summed E-state index contributed by atoms with van der Waals surface area (Å²) >= 11 is 0. The molecule has 1 atom stereocenters. The summed E-state index contributed by atoms with van der Waals surface area (Å²) in [6, 6.07) is 15.5. The largest absolute Gasteiger partial charge is 0.361 e. The van der Waals surface area contributed by atoms with Crippen LogP contribution in [0, 0.1) is 0 Å². The monoisotopic (exact) mass is 358 g/mol. The molecule has 27 heavy (non-hydrogen) atoms. The number of hydrogen-bond donors (Lipinski definition) is 0. The number of pyridine rings is 2. The number of benzene rings is 1.